The van der Waals surface area contributed by atoms with Gasteiger partial charge >= 0.3 is 0 Å². The Kier molecular flexibility index (Phi) is 5.69. The molecule has 0 fully saturated rings. The van der Waals surface area contributed by atoms with E-state index in [1.54, 1.807) is 23.9 Å². The van der Waals surface area contributed by atoms with Crippen molar-refractivity contribution >= 4 is 27.4 Å². The van der Waals surface area contributed by atoms with Crippen molar-refractivity contribution < 1.29 is 4.42 Å². The van der Waals surface area contributed by atoms with Crippen LogP contribution in [0.4, 0.5) is 5.82 Å². The predicted molar refractivity (Wildman–Crippen MR) is 131 cm³/mol. The molecular weight excluding hydrogens is 416 g/mol. The fourth-order valence-electron chi connectivity index (χ4n) is 3.66. The van der Waals surface area contributed by atoms with Crippen molar-refractivity contribution in [2.75, 3.05) is 11.9 Å². The van der Waals surface area contributed by atoms with Crippen LogP contribution >= 0.6 is 11.3 Å². The van der Waals surface area contributed by atoms with E-state index in [1.165, 1.54) is 16.0 Å². The van der Waals surface area contributed by atoms with Crippen LogP contribution in [-0.2, 0) is 6.42 Å². The second-order valence-corrected chi connectivity index (χ2v) is 9.15. The summed E-state index contributed by atoms with van der Waals surface area (Å²) >= 11 is 1.68. The van der Waals surface area contributed by atoms with Gasteiger partial charge in [0.05, 0.1) is 17.2 Å². The second kappa shape index (κ2) is 8.93. The number of aryl methyl sites for hydroxylation is 3. The lowest BCUT2D eigenvalue weighted by atomic mass is 10.1. The molecule has 0 aliphatic heterocycles. The molecule has 4 aromatic heterocycles. The minimum absolute atomic E-state index is 0.684. The van der Waals surface area contributed by atoms with Gasteiger partial charge in [0.1, 0.15) is 16.9 Å². The number of anilines is 1. The van der Waals surface area contributed by atoms with E-state index in [4.69, 9.17) is 14.4 Å². The summed E-state index contributed by atoms with van der Waals surface area (Å²) in [6.45, 7) is 5.01. The van der Waals surface area contributed by atoms with E-state index >= 15 is 0 Å². The van der Waals surface area contributed by atoms with Crippen molar-refractivity contribution in [1.29, 1.82) is 0 Å². The first kappa shape index (κ1) is 20.4. The highest BCUT2D eigenvalue weighted by molar-refractivity contribution is 7.18. The van der Waals surface area contributed by atoms with Crippen molar-refractivity contribution in [1.82, 2.24) is 15.0 Å². The molecule has 0 spiro atoms. The topological polar surface area (TPSA) is 63.8 Å². The van der Waals surface area contributed by atoms with Gasteiger partial charge in [-0.25, -0.2) is 9.97 Å². The number of thiophene rings is 1. The minimum Gasteiger partial charge on any atom is -0.472 e. The van der Waals surface area contributed by atoms with Gasteiger partial charge in [-0.1, -0.05) is 35.9 Å². The zero-order valence-corrected chi connectivity index (χ0v) is 18.9. The first-order valence-corrected chi connectivity index (χ1v) is 11.5. The fraction of sp³-hybridized carbons (Fsp3) is 0.192. The highest BCUT2D eigenvalue weighted by Gasteiger charge is 2.12. The van der Waals surface area contributed by atoms with Crippen molar-refractivity contribution in [2.45, 2.75) is 26.7 Å². The Labute approximate surface area is 191 Å². The Morgan fingerprint density at radius 3 is 2.53 bits per heavy atom. The van der Waals surface area contributed by atoms with Gasteiger partial charge in [-0.3, -0.25) is 4.98 Å². The Balaban J connectivity index is 1.24. The summed E-state index contributed by atoms with van der Waals surface area (Å²) in [4.78, 5) is 16.3. The summed E-state index contributed by atoms with van der Waals surface area (Å²) in [7, 11) is 0. The number of furan rings is 1. The number of benzene rings is 1. The Hall–Kier alpha value is -3.51. The van der Waals surface area contributed by atoms with E-state index < -0.39 is 0 Å². The van der Waals surface area contributed by atoms with Crippen LogP contribution in [0.5, 0.6) is 0 Å². The van der Waals surface area contributed by atoms with Gasteiger partial charge in [-0.2, -0.15) is 0 Å². The molecule has 0 aliphatic carbocycles. The molecule has 0 saturated heterocycles. The SMILES string of the molecule is Cc1ccc(-c2ccc(CCCNc3nc(-c4ccoc4)nc4sc(C)cc34)nc2)cc1. The molecule has 5 nitrogen and oxygen atoms in total. The molecule has 0 atom stereocenters. The lowest BCUT2D eigenvalue weighted by molar-refractivity contribution is 0.568. The molecule has 0 saturated carbocycles. The molecule has 0 bridgehead atoms. The molecule has 0 amide bonds. The van der Waals surface area contributed by atoms with Crippen LogP contribution < -0.4 is 5.32 Å². The Bertz CT molecular complexity index is 1320. The van der Waals surface area contributed by atoms with Crippen LogP contribution in [0.2, 0.25) is 0 Å². The standard InChI is InChI=1S/C26H24N4OS/c1-17-5-7-19(8-6-17)20-9-10-22(28-15-20)4-3-12-27-25-23-14-18(2)32-26(23)30-24(29-25)21-11-13-31-16-21/h5-11,13-16H,3-4,12H2,1-2H3,(H,27,29,30). The molecule has 1 aromatic carbocycles. The van der Waals surface area contributed by atoms with Crippen molar-refractivity contribution in [3.8, 4) is 22.5 Å². The quantitative estimate of drug-likeness (QED) is 0.286. The first-order chi connectivity index (χ1) is 15.7. The van der Waals surface area contributed by atoms with Crippen molar-refractivity contribution in [3.05, 3.63) is 83.4 Å². The smallest absolute Gasteiger partial charge is 0.166 e. The van der Waals surface area contributed by atoms with Gasteiger partial charge in [0.2, 0.25) is 0 Å². The summed E-state index contributed by atoms with van der Waals surface area (Å²) in [6.07, 6.45) is 7.16. The van der Waals surface area contributed by atoms with Crippen LogP contribution in [0.3, 0.4) is 0 Å². The molecule has 4 heterocycles. The third kappa shape index (κ3) is 4.41. The number of aromatic nitrogens is 3. The van der Waals surface area contributed by atoms with Gasteiger partial charge in [0.25, 0.3) is 0 Å². The lowest BCUT2D eigenvalue weighted by Gasteiger charge is -2.09. The first-order valence-electron chi connectivity index (χ1n) is 10.7. The number of pyridine rings is 1. The molecular formula is C26H24N4OS. The summed E-state index contributed by atoms with van der Waals surface area (Å²) in [5.41, 5.74) is 5.60. The van der Waals surface area contributed by atoms with Crippen LogP contribution in [0.25, 0.3) is 32.7 Å². The minimum atomic E-state index is 0.684. The number of nitrogens with zero attached hydrogens (tertiary/aromatic N) is 3. The third-order valence-electron chi connectivity index (χ3n) is 5.41. The number of fused-ring (bicyclic) bond motifs is 1. The average Bonchev–Trinajstić information content (AvgIpc) is 3.47. The number of hydrogen-bond acceptors (Lipinski definition) is 6. The Morgan fingerprint density at radius 2 is 1.78 bits per heavy atom. The number of rotatable bonds is 7. The van der Waals surface area contributed by atoms with Gasteiger partial charge in [0.15, 0.2) is 5.82 Å². The van der Waals surface area contributed by atoms with Crippen LogP contribution in [0, 0.1) is 13.8 Å². The maximum Gasteiger partial charge on any atom is 0.166 e. The van der Waals surface area contributed by atoms with E-state index in [9.17, 15) is 0 Å². The maximum atomic E-state index is 5.21. The number of hydrogen-bond donors (Lipinski definition) is 1. The molecule has 160 valence electrons. The normalized spacial score (nSPS) is 11.2. The number of nitrogens with one attached hydrogen (secondary N) is 1. The third-order valence-corrected chi connectivity index (χ3v) is 6.35. The molecule has 32 heavy (non-hydrogen) atoms. The second-order valence-electron chi connectivity index (χ2n) is 7.92. The predicted octanol–water partition coefficient (Wildman–Crippen LogP) is 6.67. The van der Waals surface area contributed by atoms with Gasteiger partial charge in [0, 0.05) is 28.9 Å². The van der Waals surface area contributed by atoms with E-state index in [0.29, 0.717) is 5.82 Å². The largest absolute Gasteiger partial charge is 0.472 e. The monoisotopic (exact) mass is 440 g/mol. The van der Waals surface area contributed by atoms with Crippen molar-refractivity contribution in [3.63, 3.8) is 0 Å². The fourth-order valence-corrected chi connectivity index (χ4v) is 4.54. The molecule has 0 radical (unpaired) electrons. The van der Waals surface area contributed by atoms with Crippen LogP contribution in [-0.4, -0.2) is 21.5 Å². The zero-order valence-electron chi connectivity index (χ0n) is 18.1. The summed E-state index contributed by atoms with van der Waals surface area (Å²) in [5.74, 6) is 1.56. The summed E-state index contributed by atoms with van der Waals surface area (Å²) in [5, 5.41) is 4.58. The lowest BCUT2D eigenvalue weighted by Crippen LogP contribution is -2.06. The maximum absolute atomic E-state index is 5.21. The van der Waals surface area contributed by atoms with Gasteiger partial charge < -0.3 is 9.73 Å². The van der Waals surface area contributed by atoms with Crippen LogP contribution in [0.1, 0.15) is 22.6 Å². The van der Waals surface area contributed by atoms with Crippen molar-refractivity contribution in [2.24, 2.45) is 0 Å². The van der Waals surface area contributed by atoms with Crippen LogP contribution in [0.15, 0.2) is 71.7 Å². The van der Waals surface area contributed by atoms with E-state index in [0.717, 1.165) is 52.2 Å². The summed E-state index contributed by atoms with van der Waals surface area (Å²) < 4.78 is 5.21. The molecule has 5 aromatic rings. The van der Waals surface area contributed by atoms with Gasteiger partial charge in [-0.05, 0) is 50.5 Å². The Morgan fingerprint density at radius 1 is 0.938 bits per heavy atom. The molecule has 0 aliphatic rings. The molecule has 6 heteroatoms. The molecule has 0 unspecified atom stereocenters. The van der Waals surface area contributed by atoms with E-state index in [2.05, 4.69) is 66.6 Å². The van der Waals surface area contributed by atoms with E-state index in [1.807, 2.05) is 12.3 Å². The highest BCUT2D eigenvalue weighted by atomic mass is 32.1. The van der Waals surface area contributed by atoms with Gasteiger partial charge in [-0.15, -0.1) is 11.3 Å². The molecule has 5 rings (SSSR count). The highest BCUT2D eigenvalue weighted by Crippen LogP contribution is 2.31. The van der Waals surface area contributed by atoms with E-state index in [-0.39, 0.29) is 0 Å². The average molecular weight is 441 g/mol. The zero-order chi connectivity index (χ0) is 21.9. The summed E-state index contributed by atoms with van der Waals surface area (Å²) in [6, 6.07) is 16.9. The molecule has 1 N–H and O–H groups in total.